The molecule has 0 aromatic heterocycles. The zero-order chi connectivity index (χ0) is 12.7. The van der Waals surface area contributed by atoms with Gasteiger partial charge in [-0.2, -0.15) is 17.0 Å². The first-order chi connectivity index (χ1) is 8.12. The lowest BCUT2D eigenvalue weighted by Gasteiger charge is -2.28. The van der Waals surface area contributed by atoms with Crippen LogP contribution in [0.1, 0.15) is 33.1 Å². The van der Waals surface area contributed by atoms with Crippen LogP contribution in [0.3, 0.4) is 0 Å². The van der Waals surface area contributed by atoms with Crippen molar-refractivity contribution in [1.82, 2.24) is 13.9 Å². The van der Waals surface area contributed by atoms with Crippen LogP contribution in [0.5, 0.6) is 0 Å². The lowest BCUT2D eigenvalue weighted by atomic mass is 10.4. The van der Waals surface area contributed by atoms with Gasteiger partial charge in [0.1, 0.15) is 0 Å². The molecule has 0 unspecified atom stereocenters. The number of hydrogen-bond acceptors (Lipinski definition) is 3. The monoisotopic (exact) mass is 263 g/mol. The average Bonchev–Trinajstić information content (AvgIpc) is 2.57. The highest BCUT2D eigenvalue weighted by atomic mass is 32.2. The van der Waals surface area contributed by atoms with Crippen LogP contribution in [-0.4, -0.2) is 56.3 Å². The Labute approximate surface area is 105 Å². The van der Waals surface area contributed by atoms with Crippen molar-refractivity contribution in [2.75, 3.05) is 39.3 Å². The molecule has 1 N–H and O–H groups in total. The van der Waals surface area contributed by atoms with Gasteiger partial charge in [0.05, 0.1) is 0 Å². The fraction of sp³-hybridized carbons (Fsp3) is 1.00. The summed E-state index contributed by atoms with van der Waals surface area (Å²) >= 11 is 0. The molecule has 1 fully saturated rings. The van der Waals surface area contributed by atoms with Gasteiger partial charge in [0, 0.05) is 32.7 Å². The summed E-state index contributed by atoms with van der Waals surface area (Å²) in [5, 5.41) is 3.23. The molecular weight excluding hydrogens is 238 g/mol. The van der Waals surface area contributed by atoms with Gasteiger partial charge in [-0.1, -0.05) is 13.8 Å². The standard InChI is InChI=1S/C11H25N3O2S/c1-3-8-13(9-4-2)17(15,16)14-10-5-6-12-7-11-14/h12H,3-11H2,1-2H3. The quantitative estimate of drug-likeness (QED) is 0.765. The van der Waals surface area contributed by atoms with E-state index in [0.29, 0.717) is 26.2 Å². The first-order valence-corrected chi connectivity index (χ1v) is 7.98. The number of nitrogens with zero attached hydrogens (tertiary/aromatic N) is 2. The first kappa shape index (κ1) is 14.9. The third kappa shape index (κ3) is 4.21. The smallest absolute Gasteiger partial charge is 0.282 e. The van der Waals surface area contributed by atoms with E-state index in [-0.39, 0.29) is 0 Å². The Morgan fingerprint density at radius 2 is 1.76 bits per heavy atom. The fourth-order valence-electron chi connectivity index (χ4n) is 2.06. The van der Waals surface area contributed by atoms with Crippen LogP contribution in [0.25, 0.3) is 0 Å². The first-order valence-electron chi connectivity index (χ1n) is 6.58. The lowest BCUT2D eigenvalue weighted by molar-refractivity contribution is 0.342. The molecule has 1 saturated heterocycles. The van der Waals surface area contributed by atoms with E-state index in [1.807, 2.05) is 13.8 Å². The number of hydrogen-bond donors (Lipinski definition) is 1. The highest BCUT2D eigenvalue weighted by Crippen LogP contribution is 2.11. The molecule has 1 aliphatic rings. The summed E-state index contributed by atoms with van der Waals surface area (Å²) in [6.45, 7) is 8.18. The van der Waals surface area contributed by atoms with Gasteiger partial charge >= 0.3 is 0 Å². The highest BCUT2D eigenvalue weighted by Gasteiger charge is 2.28. The van der Waals surface area contributed by atoms with Gasteiger partial charge < -0.3 is 5.32 Å². The Bertz CT molecular complexity index is 284. The van der Waals surface area contributed by atoms with Crippen molar-refractivity contribution in [2.45, 2.75) is 33.1 Å². The van der Waals surface area contributed by atoms with E-state index in [0.717, 1.165) is 32.4 Å². The Morgan fingerprint density at radius 3 is 2.35 bits per heavy atom. The van der Waals surface area contributed by atoms with Crippen molar-refractivity contribution in [1.29, 1.82) is 0 Å². The second-order valence-electron chi connectivity index (χ2n) is 4.41. The summed E-state index contributed by atoms with van der Waals surface area (Å²) in [7, 11) is -3.25. The predicted molar refractivity (Wildman–Crippen MR) is 70.1 cm³/mol. The van der Waals surface area contributed by atoms with E-state index < -0.39 is 10.2 Å². The van der Waals surface area contributed by atoms with Gasteiger partial charge in [-0.3, -0.25) is 0 Å². The Morgan fingerprint density at radius 1 is 1.12 bits per heavy atom. The molecule has 0 radical (unpaired) electrons. The van der Waals surface area contributed by atoms with E-state index in [9.17, 15) is 8.42 Å². The predicted octanol–water partition coefficient (Wildman–Crippen LogP) is 0.649. The van der Waals surface area contributed by atoms with Crippen molar-refractivity contribution in [3.05, 3.63) is 0 Å². The van der Waals surface area contributed by atoms with Crippen LogP contribution < -0.4 is 5.32 Å². The van der Waals surface area contributed by atoms with Gasteiger partial charge in [0.2, 0.25) is 0 Å². The van der Waals surface area contributed by atoms with Crippen molar-refractivity contribution in [3.63, 3.8) is 0 Å². The van der Waals surface area contributed by atoms with Crippen molar-refractivity contribution in [2.24, 2.45) is 0 Å². The normalized spacial score (nSPS) is 19.5. The molecule has 1 aliphatic heterocycles. The Kier molecular flexibility index (Phi) is 6.40. The highest BCUT2D eigenvalue weighted by molar-refractivity contribution is 7.86. The molecule has 0 saturated carbocycles. The zero-order valence-corrected chi connectivity index (χ0v) is 11.8. The molecule has 5 nitrogen and oxygen atoms in total. The van der Waals surface area contributed by atoms with Gasteiger partial charge in [-0.15, -0.1) is 0 Å². The molecule has 0 aromatic rings. The van der Waals surface area contributed by atoms with Crippen LogP contribution in [0.4, 0.5) is 0 Å². The topological polar surface area (TPSA) is 52.7 Å². The number of rotatable bonds is 6. The molecule has 0 spiro atoms. The maximum Gasteiger partial charge on any atom is 0.282 e. The average molecular weight is 263 g/mol. The lowest BCUT2D eigenvalue weighted by Crippen LogP contribution is -2.45. The van der Waals surface area contributed by atoms with Gasteiger partial charge in [0.25, 0.3) is 10.2 Å². The van der Waals surface area contributed by atoms with E-state index in [2.05, 4.69) is 5.32 Å². The van der Waals surface area contributed by atoms with Crippen LogP contribution in [0.2, 0.25) is 0 Å². The van der Waals surface area contributed by atoms with Gasteiger partial charge in [0.15, 0.2) is 0 Å². The van der Waals surface area contributed by atoms with E-state index in [1.54, 1.807) is 8.61 Å². The number of nitrogens with one attached hydrogen (secondary N) is 1. The maximum absolute atomic E-state index is 12.4. The Hall–Kier alpha value is -0.170. The largest absolute Gasteiger partial charge is 0.315 e. The van der Waals surface area contributed by atoms with Crippen molar-refractivity contribution >= 4 is 10.2 Å². The molecular formula is C11H25N3O2S. The van der Waals surface area contributed by atoms with Crippen LogP contribution >= 0.6 is 0 Å². The van der Waals surface area contributed by atoms with E-state index in [4.69, 9.17) is 0 Å². The summed E-state index contributed by atoms with van der Waals surface area (Å²) < 4.78 is 28.1. The SMILES string of the molecule is CCCN(CCC)S(=O)(=O)N1CCCNCC1. The van der Waals surface area contributed by atoms with Crippen LogP contribution in [0, 0.1) is 0 Å². The van der Waals surface area contributed by atoms with E-state index in [1.165, 1.54) is 0 Å². The summed E-state index contributed by atoms with van der Waals surface area (Å²) in [6.07, 6.45) is 2.63. The molecule has 1 heterocycles. The molecule has 17 heavy (non-hydrogen) atoms. The summed E-state index contributed by atoms with van der Waals surface area (Å²) in [5.74, 6) is 0. The van der Waals surface area contributed by atoms with Crippen molar-refractivity contribution < 1.29 is 8.42 Å². The summed E-state index contributed by atoms with van der Waals surface area (Å²) in [5.41, 5.74) is 0. The third-order valence-corrected chi connectivity index (χ3v) is 4.93. The molecule has 6 heteroatoms. The second kappa shape index (κ2) is 7.31. The van der Waals surface area contributed by atoms with Gasteiger partial charge in [-0.25, -0.2) is 0 Å². The minimum atomic E-state index is -3.25. The fourth-order valence-corrected chi connectivity index (χ4v) is 3.89. The maximum atomic E-state index is 12.4. The van der Waals surface area contributed by atoms with Crippen LogP contribution in [-0.2, 0) is 10.2 Å². The zero-order valence-electron chi connectivity index (χ0n) is 11.0. The minimum absolute atomic E-state index is 0.590. The van der Waals surface area contributed by atoms with Gasteiger partial charge in [-0.05, 0) is 25.8 Å². The van der Waals surface area contributed by atoms with Crippen molar-refractivity contribution in [3.8, 4) is 0 Å². The summed E-state index contributed by atoms with van der Waals surface area (Å²) in [4.78, 5) is 0. The van der Waals surface area contributed by atoms with E-state index >= 15 is 0 Å². The molecule has 0 amide bonds. The minimum Gasteiger partial charge on any atom is -0.315 e. The second-order valence-corrected chi connectivity index (χ2v) is 6.34. The molecule has 0 aliphatic carbocycles. The molecule has 1 rings (SSSR count). The van der Waals surface area contributed by atoms with Crippen LogP contribution in [0.15, 0.2) is 0 Å². The molecule has 102 valence electrons. The molecule has 0 bridgehead atoms. The third-order valence-electron chi connectivity index (χ3n) is 2.90. The summed E-state index contributed by atoms with van der Waals surface area (Å²) in [6, 6.07) is 0. The molecule has 0 atom stereocenters. The Balaban J connectivity index is 2.74. The molecule has 0 aromatic carbocycles.